The van der Waals surface area contributed by atoms with Crippen molar-refractivity contribution in [3.8, 4) is 16.9 Å². The number of urea groups is 1. The van der Waals surface area contributed by atoms with Crippen LogP contribution in [0.2, 0.25) is 5.02 Å². The van der Waals surface area contributed by atoms with Crippen LogP contribution in [0.4, 0.5) is 10.5 Å². The number of ether oxygens (including phenoxy) is 1. The normalized spacial score (nSPS) is 10.2. The molecule has 0 fully saturated rings. The first-order valence-corrected chi connectivity index (χ1v) is 9.76. The molecule has 6 nitrogen and oxygen atoms in total. The van der Waals surface area contributed by atoms with Crippen LogP contribution >= 0.6 is 11.6 Å². The molecule has 30 heavy (non-hydrogen) atoms. The van der Waals surface area contributed by atoms with Crippen molar-refractivity contribution < 1.29 is 14.3 Å². The van der Waals surface area contributed by atoms with Gasteiger partial charge >= 0.3 is 6.03 Å². The molecule has 3 amide bonds. The van der Waals surface area contributed by atoms with Gasteiger partial charge in [0.25, 0.3) is 5.91 Å². The summed E-state index contributed by atoms with van der Waals surface area (Å²) in [5.74, 6) is 0.578. The summed E-state index contributed by atoms with van der Waals surface area (Å²) in [7, 11) is 1.63. The Morgan fingerprint density at radius 2 is 1.57 bits per heavy atom. The van der Waals surface area contributed by atoms with Crippen LogP contribution in [0.5, 0.6) is 5.75 Å². The van der Waals surface area contributed by atoms with E-state index in [1.54, 1.807) is 43.5 Å². The number of carbonyl (C=O) groups is 2. The second-order valence-electron chi connectivity index (χ2n) is 6.45. The predicted octanol–water partition coefficient (Wildman–Crippen LogP) is 4.57. The zero-order chi connectivity index (χ0) is 21.3. The second-order valence-corrected chi connectivity index (χ2v) is 6.89. The average molecular weight is 424 g/mol. The molecule has 0 aromatic heterocycles. The molecular formula is C23H22ClN3O3. The van der Waals surface area contributed by atoms with Crippen LogP contribution in [-0.4, -0.2) is 32.1 Å². The highest BCUT2D eigenvalue weighted by Gasteiger charge is 2.07. The summed E-state index contributed by atoms with van der Waals surface area (Å²) in [5, 5.41) is 8.75. The van der Waals surface area contributed by atoms with E-state index in [1.165, 1.54) is 0 Å². The Morgan fingerprint density at radius 3 is 2.27 bits per heavy atom. The highest BCUT2D eigenvalue weighted by atomic mass is 35.5. The molecule has 0 saturated carbocycles. The molecule has 3 aromatic carbocycles. The van der Waals surface area contributed by atoms with Gasteiger partial charge in [-0.2, -0.15) is 0 Å². The largest absolute Gasteiger partial charge is 0.497 e. The smallest absolute Gasteiger partial charge is 0.319 e. The number of rotatable bonds is 7. The van der Waals surface area contributed by atoms with Gasteiger partial charge in [0.2, 0.25) is 0 Å². The topological polar surface area (TPSA) is 79.5 Å². The summed E-state index contributed by atoms with van der Waals surface area (Å²) in [6, 6.07) is 21.5. The number of halogens is 1. The van der Waals surface area contributed by atoms with Crippen LogP contribution in [0.3, 0.4) is 0 Å². The summed E-state index contributed by atoms with van der Waals surface area (Å²) in [6.45, 7) is 0.609. The lowest BCUT2D eigenvalue weighted by Crippen LogP contribution is -2.36. The molecular weight excluding hydrogens is 402 g/mol. The summed E-state index contributed by atoms with van der Waals surface area (Å²) < 4.78 is 5.24. The summed E-state index contributed by atoms with van der Waals surface area (Å²) >= 11 is 5.81. The van der Waals surface area contributed by atoms with Gasteiger partial charge in [0.05, 0.1) is 7.11 Å². The van der Waals surface area contributed by atoms with Crippen molar-refractivity contribution >= 4 is 29.2 Å². The Hall–Kier alpha value is -3.51. The summed E-state index contributed by atoms with van der Waals surface area (Å²) in [5.41, 5.74) is 3.19. The van der Waals surface area contributed by atoms with Gasteiger partial charge in [0, 0.05) is 29.4 Å². The van der Waals surface area contributed by atoms with E-state index in [9.17, 15) is 9.59 Å². The first-order chi connectivity index (χ1) is 14.5. The van der Waals surface area contributed by atoms with Crippen molar-refractivity contribution in [1.82, 2.24) is 10.6 Å². The molecule has 7 heteroatoms. The van der Waals surface area contributed by atoms with Gasteiger partial charge in [-0.15, -0.1) is 0 Å². The molecule has 0 spiro atoms. The van der Waals surface area contributed by atoms with E-state index >= 15 is 0 Å². The SMILES string of the molecule is COc1cccc(-c2ccc(C(=O)NCCNC(=O)Nc3ccc(Cl)cc3)cc2)c1. The quantitative estimate of drug-likeness (QED) is 0.487. The number of carbonyl (C=O) groups excluding carboxylic acids is 2. The lowest BCUT2D eigenvalue weighted by Gasteiger charge is -2.09. The van der Waals surface area contributed by atoms with Crippen molar-refractivity contribution in [2.45, 2.75) is 0 Å². The lowest BCUT2D eigenvalue weighted by atomic mass is 10.0. The van der Waals surface area contributed by atoms with Gasteiger partial charge in [-0.05, 0) is 59.7 Å². The Bertz CT molecular complexity index is 1000. The second kappa shape index (κ2) is 10.3. The molecule has 0 unspecified atom stereocenters. The molecule has 0 aliphatic heterocycles. The fraction of sp³-hybridized carbons (Fsp3) is 0.130. The number of benzene rings is 3. The minimum atomic E-state index is -0.353. The fourth-order valence-corrected chi connectivity index (χ4v) is 2.91. The van der Waals surface area contributed by atoms with Crippen molar-refractivity contribution in [2.24, 2.45) is 0 Å². The molecule has 3 N–H and O–H groups in total. The van der Waals surface area contributed by atoms with Gasteiger partial charge in [0.1, 0.15) is 5.75 Å². The number of anilines is 1. The number of hydrogen-bond acceptors (Lipinski definition) is 3. The monoisotopic (exact) mass is 423 g/mol. The van der Waals surface area contributed by atoms with E-state index < -0.39 is 0 Å². The first-order valence-electron chi connectivity index (χ1n) is 9.38. The van der Waals surface area contributed by atoms with Gasteiger partial charge in [-0.25, -0.2) is 4.79 Å². The highest BCUT2D eigenvalue weighted by Crippen LogP contribution is 2.24. The summed E-state index contributed by atoms with van der Waals surface area (Å²) in [4.78, 5) is 24.1. The maximum absolute atomic E-state index is 12.3. The first kappa shape index (κ1) is 21.2. The number of nitrogens with one attached hydrogen (secondary N) is 3. The van der Waals surface area contributed by atoms with E-state index in [0.717, 1.165) is 16.9 Å². The van der Waals surface area contributed by atoms with Crippen LogP contribution in [0.1, 0.15) is 10.4 Å². The maximum Gasteiger partial charge on any atom is 0.319 e. The van der Waals surface area contributed by atoms with Crippen LogP contribution in [0.25, 0.3) is 11.1 Å². The fourth-order valence-electron chi connectivity index (χ4n) is 2.78. The molecule has 0 aliphatic carbocycles. The van der Waals surface area contributed by atoms with Gasteiger partial charge in [-0.1, -0.05) is 35.9 Å². The molecule has 3 rings (SSSR count). The molecule has 0 bridgehead atoms. The Labute approximate surface area is 180 Å². The Kier molecular flexibility index (Phi) is 7.29. The van der Waals surface area contributed by atoms with E-state index in [4.69, 9.17) is 16.3 Å². The van der Waals surface area contributed by atoms with Gasteiger partial charge < -0.3 is 20.7 Å². The maximum atomic E-state index is 12.3. The van der Waals surface area contributed by atoms with E-state index in [2.05, 4.69) is 16.0 Å². The van der Waals surface area contributed by atoms with Crippen molar-refractivity contribution in [2.75, 3.05) is 25.5 Å². The van der Waals surface area contributed by atoms with Crippen LogP contribution in [0, 0.1) is 0 Å². The van der Waals surface area contributed by atoms with Crippen LogP contribution < -0.4 is 20.7 Å². The highest BCUT2D eigenvalue weighted by molar-refractivity contribution is 6.30. The number of hydrogen-bond donors (Lipinski definition) is 3. The molecule has 3 aromatic rings. The number of methoxy groups -OCH3 is 1. The van der Waals surface area contributed by atoms with Crippen molar-refractivity contribution in [1.29, 1.82) is 0 Å². The van der Waals surface area contributed by atoms with E-state index in [1.807, 2.05) is 36.4 Å². The molecule has 0 heterocycles. The molecule has 154 valence electrons. The minimum Gasteiger partial charge on any atom is -0.497 e. The third-order valence-corrected chi connectivity index (χ3v) is 4.60. The van der Waals surface area contributed by atoms with E-state index in [0.29, 0.717) is 29.4 Å². The standard InChI is InChI=1S/C23H22ClN3O3/c1-30-21-4-2-3-18(15-21)16-5-7-17(8-6-16)22(28)25-13-14-26-23(29)27-20-11-9-19(24)10-12-20/h2-12,15H,13-14H2,1H3,(H,25,28)(H2,26,27,29). The Balaban J connectivity index is 1.44. The lowest BCUT2D eigenvalue weighted by molar-refractivity contribution is 0.0954. The van der Waals surface area contributed by atoms with Crippen molar-refractivity contribution in [3.63, 3.8) is 0 Å². The molecule has 0 aliphatic rings. The van der Waals surface area contributed by atoms with Crippen LogP contribution in [-0.2, 0) is 0 Å². The van der Waals surface area contributed by atoms with Crippen LogP contribution in [0.15, 0.2) is 72.8 Å². The third-order valence-electron chi connectivity index (χ3n) is 4.35. The minimum absolute atomic E-state index is 0.202. The zero-order valence-electron chi connectivity index (χ0n) is 16.4. The molecule has 0 atom stereocenters. The average Bonchev–Trinajstić information content (AvgIpc) is 2.78. The number of amides is 3. The van der Waals surface area contributed by atoms with Gasteiger partial charge in [-0.3, -0.25) is 4.79 Å². The van der Waals surface area contributed by atoms with E-state index in [-0.39, 0.29) is 11.9 Å². The molecule has 0 radical (unpaired) electrons. The third kappa shape index (κ3) is 5.99. The molecule has 0 saturated heterocycles. The summed E-state index contributed by atoms with van der Waals surface area (Å²) in [6.07, 6.45) is 0. The van der Waals surface area contributed by atoms with Crippen molar-refractivity contribution in [3.05, 3.63) is 83.4 Å². The zero-order valence-corrected chi connectivity index (χ0v) is 17.2. The van der Waals surface area contributed by atoms with Gasteiger partial charge in [0.15, 0.2) is 0 Å². The predicted molar refractivity (Wildman–Crippen MR) is 119 cm³/mol. The Morgan fingerprint density at radius 1 is 0.867 bits per heavy atom.